The summed E-state index contributed by atoms with van der Waals surface area (Å²) in [4.78, 5) is 11.5. The summed E-state index contributed by atoms with van der Waals surface area (Å²) in [7, 11) is 0. The molecule has 212 valence electrons. The molecule has 0 fully saturated rings. The van der Waals surface area contributed by atoms with E-state index in [2.05, 4.69) is 37.8 Å². The summed E-state index contributed by atoms with van der Waals surface area (Å²) in [6.45, 7) is 16.9. The Morgan fingerprint density at radius 2 is 1.22 bits per heavy atom. The Kier molecular flexibility index (Phi) is 18.0. The standard InChI is InChI=1S/C31H52O6/c1-8-9-10-11-12-13-14-15-29-16-18-30(19-17-29)36-22-27(6)34-20-25(4)33-21-26(5)35-23-28(7)37-31(32)24(2)3/h16-19,25-28H,2,8-15,20-23H2,1,3-7H3. The molecule has 6 heteroatoms. The lowest BCUT2D eigenvalue weighted by Gasteiger charge is -2.21. The largest absolute Gasteiger partial charge is 0.491 e. The molecule has 4 atom stereocenters. The number of esters is 1. The average molecular weight is 521 g/mol. The Morgan fingerprint density at radius 1 is 0.730 bits per heavy atom. The summed E-state index contributed by atoms with van der Waals surface area (Å²) in [5.41, 5.74) is 1.75. The predicted octanol–water partition coefficient (Wildman–Crippen LogP) is 7.08. The summed E-state index contributed by atoms with van der Waals surface area (Å²) in [5.74, 6) is 0.469. The zero-order valence-corrected chi connectivity index (χ0v) is 24.3. The van der Waals surface area contributed by atoms with Gasteiger partial charge in [-0.2, -0.15) is 0 Å². The number of ether oxygens (including phenoxy) is 5. The van der Waals surface area contributed by atoms with Gasteiger partial charge >= 0.3 is 5.97 Å². The maximum atomic E-state index is 11.5. The van der Waals surface area contributed by atoms with Crippen molar-refractivity contribution in [1.29, 1.82) is 0 Å². The SMILES string of the molecule is C=C(C)C(=O)OC(C)COC(C)COC(C)COC(C)COc1ccc(CCCCCCCCC)cc1. The molecule has 1 rings (SSSR count). The lowest BCUT2D eigenvalue weighted by atomic mass is 10.0. The van der Waals surface area contributed by atoms with Gasteiger partial charge in [0.2, 0.25) is 0 Å². The van der Waals surface area contributed by atoms with Crippen molar-refractivity contribution < 1.29 is 28.5 Å². The van der Waals surface area contributed by atoms with E-state index in [0.717, 1.165) is 12.2 Å². The first-order valence-electron chi connectivity index (χ1n) is 14.1. The van der Waals surface area contributed by atoms with Crippen LogP contribution in [0.3, 0.4) is 0 Å². The Labute approximate surface area is 226 Å². The van der Waals surface area contributed by atoms with Gasteiger partial charge in [0, 0.05) is 5.57 Å². The molecule has 0 saturated carbocycles. The van der Waals surface area contributed by atoms with Crippen LogP contribution in [0.4, 0.5) is 0 Å². The number of aryl methyl sites for hydroxylation is 1. The zero-order valence-electron chi connectivity index (χ0n) is 24.3. The minimum Gasteiger partial charge on any atom is -0.491 e. The Hall–Kier alpha value is -1.89. The molecule has 0 aliphatic rings. The van der Waals surface area contributed by atoms with Crippen molar-refractivity contribution in [2.45, 2.75) is 117 Å². The molecular weight excluding hydrogens is 468 g/mol. The van der Waals surface area contributed by atoms with E-state index in [1.807, 2.05) is 20.8 Å². The van der Waals surface area contributed by atoms with Crippen molar-refractivity contribution in [2.75, 3.05) is 26.4 Å². The Morgan fingerprint density at radius 3 is 1.76 bits per heavy atom. The normalized spacial score (nSPS) is 14.5. The number of rotatable bonds is 22. The van der Waals surface area contributed by atoms with Crippen LogP contribution in [0.25, 0.3) is 0 Å². The van der Waals surface area contributed by atoms with Crippen LogP contribution < -0.4 is 4.74 Å². The van der Waals surface area contributed by atoms with Crippen molar-refractivity contribution in [3.63, 3.8) is 0 Å². The van der Waals surface area contributed by atoms with E-state index in [1.165, 1.54) is 50.5 Å². The molecule has 0 spiro atoms. The first-order valence-corrected chi connectivity index (χ1v) is 14.1. The van der Waals surface area contributed by atoms with Gasteiger partial charge in [-0.15, -0.1) is 0 Å². The highest BCUT2D eigenvalue weighted by Gasteiger charge is 2.14. The van der Waals surface area contributed by atoms with E-state index in [0.29, 0.717) is 32.0 Å². The van der Waals surface area contributed by atoms with Gasteiger partial charge < -0.3 is 23.7 Å². The molecule has 0 aromatic heterocycles. The molecule has 37 heavy (non-hydrogen) atoms. The molecule has 0 aliphatic carbocycles. The molecule has 6 nitrogen and oxygen atoms in total. The summed E-state index contributed by atoms with van der Waals surface area (Å²) in [5, 5.41) is 0. The fourth-order valence-electron chi connectivity index (χ4n) is 3.61. The minimum atomic E-state index is -0.403. The quantitative estimate of drug-likeness (QED) is 0.0924. The summed E-state index contributed by atoms with van der Waals surface area (Å²) in [6.07, 6.45) is 9.90. The van der Waals surface area contributed by atoms with E-state index >= 15 is 0 Å². The molecule has 0 heterocycles. The topological polar surface area (TPSA) is 63.2 Å². The van der Waals surface area contributed by atoms with Gasteiger partial charge in [0.15, 0.2) is 0 Å². The first-order chi connectivity index (χ1) is 17.7. The number of carbonyl (C=O) groups is 1. The Bertz CT molecular complexity index is 732. The second-order valence-corrected chi connectivity index (χ2v) is 10.3. The number of benzene rings is 1. The first kappa shape index (κ1) is 33.1. The van der Waals surface area contributed by atoms with E-state index in [1.54, 1.807) is 13.8 Å². The maximum absolute atomic E-state index is 11.5. The predicted molar refractivity (Wildman–Crippen MR) is 150 cm³/mol. The number of unbranched alkanes of at least 4 members (excludes halogenated alkanes) is 6. The average Bonchev–Trinajstić information content (AvgIpc) is 2.88. The van der Waals surface area contributed by atoms with E-state index in [-0.39, 0.29) is 24.4 Å². The van der Waals surface area contributed by atoms with Crippen molar-refractivity contribution in [2.24, 2.45) is 0 Å². The third-order valence-corrected chi connectivity index (χ3v) is 5.98. The lowest BCUT2D eigenvalue weighted by molar-refractivity contribution is -0.148. The van der Waals surface area contributed by atoms with E-state index < -0.39 is 5.97 Å². The second kappa shape index (κ2) is 20.1. The van der Waals surface area contributed by atoms with Crippen LogP contribution in [0.1, 0.15) is 92.1 Å². The maximum Gasteiger partial charge on any atom is 0.333 e. The molecule has 1 aromatic carbocycles. The monoisotopic (exact) mass is 520 g/mol. The van der Waals surface area contributed by atoms with Crippen molar-refractivity contribution in [1.82, 2.24) is 0 Å². The van der Waals surface area contributed by atoms with Crippen LogP contribution in [-0.4, -0.2) is 56.8 Å². The minimum absolute atomic E-state index is 0.0454. The third-order valence-electron chi connectivity index (χ3n) is 5.98. The van der Waals surface area contributed by atoms with Gasteiger partial charge in [-0.3, -0.25) is 0 Å². The van der Waals surface area contributed by atoms with E-state index in [4.69, 9.17) is 23.7 Å². The molecule has 4 unspecified atom stereocenters. The van der Waals surface area contributed by atoms with Crippen molar-refractivity contribution in [3.8, 4) is 5.75 Å². The van der Waals surface area contributed by atoms with Crippen LogP contribution in [-0.2, 0) is 30.2 Å². The van der Waals surface area contributed by atoms with Crippen molar-refractivity contribution in [3.05, 3.63) is 42.0 Å². The highest BCUT2D eigenvalue weighted by Crippen LogP contribution is 2.16. The molecule has 0 bridgehead atoms. The third kappa shape index (κ3) is 17.3. The fourth-order valence-corrected chi connectivity index (χ4v) is 3.61. The Balaban J connectivity index is 2.13. The summed E-state index contributed by atoms with van der Waals surface area (Å²) in [6, 6.07) is 8.44. The number of hydrogen-bond acceptors (Lipinski definition) is 6. The van der Waals surface area contributed by atoms with Crippen molar-refractivity contribution >= 4 is 5.97 Å². The van der Waals surface area contributed by atoms with Crippen LogP contribution in [0.5, 0.6) is 5.75 Å². The molecule has 0 aliphatic heterocycles. The number of carbonyl (C=O) groups excluding carboxylic acids is 1. The number of hydrogen-bond donors (Lipinski definition) is 0. The highest BCUT2D eigenvalue weighted by molar-refractivity contribution is 5.87. The lowest BCUT2D eigenvalue weighted by Crippen LogP contribution is -2.29. The zero-order chi connectivity index (χ0) is 27.5. The highest BCUT2D eigenvalue weighted by atomic mass is 16.6. The van der Waals surface area contributed by atoms with Crippen LogP contribution >= 0.6 is 0 Å². The fraction of sp³-hybridized carbons (Fsp3) is 0.710. The van der Waals surface area contributed by atoms with Gasteiger partial charge in [0.05, 0.1) is 38.1 Å². The van der Waals surface area contributed by atoms with Gasteiger partial charge in [0.25, 0.3) is 0 Å². The van der Waals surface area contributed by atoms with Crippen LogP contribution in [0.2, 0.25) is 0 Å². The van der Waals surface area contributed by atoms with E-state index in [9.17, 15) is 4.79 Å². The van der Waals surface area contributed by atoms with Gasteiger partial charge in [-0.25, -0.2) is 4.79 Å². The molecule has 0 saturated heterocycles. The van der Waals surface area contributed by atoms with Gasteiger partial charge in [-0.1, -0.05) is 64.2 Å². The van der Waals surface area contributed by atoms with Crippen LogP contribution in [0.15, 0.2) is 36.4 Å². The summed E-state index contributed by atoms with van der Waals surface area (Å²) >= 11 is 0. The van der Waals surface area contributed by atoms with Gasteiger partial charge in [-0.05, 0) is 65.2 Å². The molecule has 0 N–H and O–H groups in total. The molecule has 0 radical (unpaired) electrons. The van der Waals surface area contributed by atoms with Crippen LogP contribution in [0, 0.1) is 0 Å². The molecular formula is C31H52O6. The molecule has 1 aromatic rings. The molecule has 0 amide bonds. The summed E-state index contributed by atoms with van der Waals surface area (Å²) < 4.78 is 28.5. The smallest absolute Gasteiger partial charge is 0.333 e. The van der Waals surface area contributed by atoms with Gasteiger partial charge in [0.1, 0.15) is 18.5 Å². The second-order valence-electron chi connectivity index (χ2n) is 10.3.